The average molecular weight is 1200 g/mol. The van der Waals surface area contributed by atoms with Gasteiger partial charge < -0.3 is 18.9 Å². The van der Waals surface area contributed by atoms with E-state index in [2.05, 4.69) is 297 Å². The number of pyridine rings is 1. The van der Waals surface area contributed by atoms with Gasteiger partial charge in [-0.25, -0.2) is 4.98 Å². The molecule has 5 heterocycles. The van der Waals surface area contributed by atoms with Crippen LogP contribution in [0.3, 0.4) is 0 Å². The molecule has 2 aliphatic rings. The number of hydrogen-bond acceptors (Lipinski definition) is 3. The number of fused-ring (bicyclic) bond motifs is 13. The molecular weight excluding hydrogens is 1140 g/mol. The molecule has 0 saturated heterocycles. The molecule has 10 aromatic carbocycles. The van der Waals surface area contributed by atoms with Crippen LogP contribution in [0.25, 0.3) is 99.6 Å². The van der Waals surface area contributed by atoms with Gasteiger partial charge in [0, 0.05) is 82.9 Å². The Balaban J connectivity index is 0.00000564. The molecular formula is C73H54N5Pt-3. The van der Waals surface area contributed by atoms with E-state index in [1.165, 1.54) is 55.0 Å². The van der Waals surface area contributed by atoms with Gasteiger partial charge in [-0.15, -0.1) is 17.7 Å². The Morgan fingerprint density at radius 1 is 0.443 bits per heavy atom. The van der Waals surface area contributed by atoms with Crippen LogP contribution in [0.1, 0.15) is 51.3 Å². The van der Waals surface area contributed by atoms with Crippen LogP contribution in [0, 0.1) is 18.8 Å². The van der Waals surface area contributed by atoms with Gasteiger partial charge in [-0.05, 0) is 86.5 Å². The molecule has 3 aromatic heterocycles. The number of benzene rings is 10. The molecule has 0 saturated carbocycles. The monoisotopic (exact) mass is 1200 g/mol. The zero-order chi connectivity index (χ0) is 52.4. The Bertz CT molecular complexity index is 4500. The number of aromatic nitrogens is 3. The molecule has 79 heavy (non-hydrogen) atoms. The summed E-state index contributed by atoms with van der Waals surface area (Å²) in [5.74, 6) is 0.873. The van der Waals surface area contributed by atoms with Crippen LogP contribution in [-0.2, 0) is 31.9 Å². The van der Waals surface area contributed by atoms with E-state index in [1.54, 1.807) is 0 Å². The Morgan fingerprint density at radius 2 is 1.05 bits per heavy atom. The summed E-state index contributed by atoms with van der Waals surface area (Å²) in [4.78, 5) is 9.85. The fraction of sp³-hybridized carbons (Fsp3) is 0.0959. The van der Waals surface area contributed by atoms with Crippen molar-refractivity contribution in [2.75, 3.05) is 9.80 Å². The van der Waals surface area contributed by atoms with Crippen LogP contribution < -0.4 is 9.80 Å². The quantitative estimate of drug-likeness (QED) is 0.149. The molecule has 384 valence electrons. The average Bonchev–Trinajstić information content (AvgIpc) is 4.35. The molecule has 0 unspecified atom stereocenters. The van der Waals surface area contributed by atoms with Crippen molar-refractivity contribution in [1.82, 2.24) is 14.1 Å². The van der Waals surface area contributed by atoms with Gasteiger partial charge in [0.25, 0.3) is 0 Å². The summed E-state index contributed by atoms with van der Waals surface area (Å²) in [7, 11) is 0. The van der Waals surface area contributed by atoms with Gasteiger partial charge in [0.05, 0.1) is 16.7 Å². The minimum atomic E-state index is -0.522. The summed E-state index contributed by atoms with van der Waals surface area (Å²) in [5, 5.41) is 4.82. The van der Waals surface area contributed by atoms with E-state index in [0.29, 0.717) is 0 Å². The second-order valence-corrected chi connectivity index (χ2v) is 22.4. The first kappa shape index (κ1) is 48.6. The third-order valence-electron chi connectivity index (χ3n) is 16.5. The van der Waals surface area contributed by atoms with Crippen LogP contribution >= 0.6 is 0 Å². The molecule has 0 N–H and O–H groups in total. The van der Waals surface area contributed by atoms with Crippen molar-refractivity contribution in [1.29, 1.82) is 0 Å². The Hall–Kier alpha value is -8.76. The van der Waals surface area contributed by atoms with Gasteiger partial charge in [-0.3, -0.25) is 0 Å². The van der Waals surface area contributed by atoms with E-state index in [-0.39, 0.29) is 26.5 Å². The van der Waals surface area contributed by atoms with Gasteiger partial charge in [0.1, 0.15) is 5.82 Å². The number of rotatable bonds is 7. The van der Waals surface area contributed by atoms with Crippen molar-refractivity contribution >= 4 is 66.4 Å². The van der Waals surface area contributed by atoms with Crippen LogP contribution in [0.2, 0.25) is 0 Å². The number of nitrogens with zero attached hydrogens (tertiary/aromatic N) is 5. The van der Waals surface area contributed by atoms with E-state index in [9.17, 15) is 0 Å². The topological polar surface area (TPSA) is 29.2 Å². The summed E-state index contributed by atoms with van der Waals surface area (Å²) in [6, 6.07) is 89.9. The van der Waals surface area contributed by atoms with Gasteiger partial charge in [-0.2, -0.15) is 53.6 Å². The molecule has 15 rings (SSSR count). The zero-order valence-electron chi connectivity index (χ0n) is 44.6. The fourth-order valence-electron chi connectivity index (χ4n) is 12.6. The smallest absolute Gasteiger partial charge is 0.135 e. The molecule has 0 radical (unpaired) electrons. The first-order chi connectivity index (χ1) is 38.1. The Morgan fingerprint density at radius 3 is 1.80 bits per heavy atom. The van der Waals surface area contributed by atoms with Gasteiger partial charge >= 0.3 is 0 Å². The summed E-state index contributed by atoms with van der Waals surface area (Å²) < 4.78 is 4.88. The minimum Gasteiger partial charge on any atom is -0.493 e. The zero-order valence-corrected chi connectivity index (χ0v) is 46.8. The van der Waals surface area contributed by atoms with Crippen LogP contribution in [0.5, 0.6) is 0 Å². The second kappa shape index (κ2) is 18.4. The number of anilines is 4. The normalized spacial score (nSPS) is 12.9. The molecule has 0 amide bonds. The molecule has 5 nitrogen and oxygen atoms in total. The number of hydrogen-bond donors (Lipinski definition) is 0. The standard InChI is InChI=1S/C73H54N5.Pt/c1-72(2,3)49-41-42-74-67(45-49)77-64-39-40-65-68(57-29-13-12-27-55(57)58-32-20-33-59-56-28-14-15-34-61(56)78(65)71(58)59)69(64)60-38-37-51(44-66(60)77)73(4,5)50-25-18-26-52(43-50)75-46-76(63-36-17-16-35-62(63)75)70-53(47-21-8-6-9-22-47)30-19-31-54(70)48-23-10-7-11-24-48;/h6-42,45-46H,1-5H3;/q-3;. The summed E-state index contributed by atoms with van der Waals surface area (Å²) in [5.41, 5.74) is 22.2. The van der Waals surface area contributed by atoms with E-state index in [0.717, 1.165) is 84.1 Å². The summed E-state index contributed by atoms with van der Waals surface area (Å²) >= 11 is 0. The van der Waals surface area contributed by atoms with Crippen molar-refractivity contribution in [3.8, 4) is 56.0 Å². The van der Waals surface area contributed by atoms with E-state index < -0.39 is 5.41 Å². The van der Waals surface area contributed by atoms with E-state index in [1.807, 2.05) is 6.20 Å². The summed E-state index contributed by atoms with van der Waals surface area (Å²) in [6.45, 7) is 13.7. The van der Waals surface area contributed by atoms with Crippen molar-refractivity contribution in [2.24, 2.45) is 0 Å². The molecule has 0 spiro atoms. The maximum Gasteiger partial charge on any atom is 0.135 e. The minimum absolute atomic E-state index is 0. The van der Waals surface area contributed by atoms with Crippen LogP contribution in [0.15, 0.2) is 231 Å². The van der Waals surface area contributed by atoms with Gasteiger partial charge in [-0.1, -0.05) is 192 Å². The van der Waals surface area contributed by atoms with Crippen LogP contribution in [0.4, 0.5) is 22.7 Å². The molecule has 0 aliphatic carbocycles. The van der Waals surface area contributed by atoms with Crippen molar-refractivity contribution in [3.63, 3.8) is 0 Å². The maximum atomic E-state index is 5.18. The van der Waals surface area contributed by atoms with Crippen molar-refractivity contribution in [2.45, 2.75) is 45.4 Å². The van der Waals surface area contributed by atoms with Gasteiger partial charge in [0.2, 0.25) is 0 Å². The predicted molar refractivity (Wildman–Crippen MR) is 325 cm³/mol. The van der Waals surface area contributed by atoms with E-state index in [4.69, 9.17) is 4.98 Å². The van der Waals surface area contributed by atoms with Gasteiger partial charge in [0.15, 0.2) is 0 Å². The molecule has 0 atom stereocenters. The molecule has 2 aliphatic heterocycles. The molecule has 0 fully saturated rings. The maximum absolute atomic E-state index is 5.18. The molecule has 13 aromatic rings. The third kappa shape index (κ3) is 7.50. The van der Waals surface area contributed by atoms with Crippen LogP contribution in [-0.4, -0.2) is 14.1 Å². The predicted octanol–water partition coefficient (Wildman–Crippen LogP) is 18.9. The largest absolute Gasteiger partial charge is 0.493 e. The Labute approximate surface area is 475 Å². The summed E-state index contributed by atoms with van der Waals surface area (Å²) in [6.07, 6.45) is 1.97. The fourth-order valence-corrected chi connectivity index (χ4v) is 12.6. The first-order valence-corrected chi connectivity index (χ1v) is 27.0. The Kier molecular flexibility index (Phi) is 11.3. The first-order valence-electron chi connectivity index (χ1n) is 27.0. The van der Waals surface area contributed by atoms with Crippen molar-refractivity contribution in [3.05, 3.63) is 266 Å². The second-order valence-electron chi connectivity index (χ2n) is 22.4. The van der Waals surface area contributed by atoms with E-state index >= 15 is 0 Å². The van der Waals surface area contributed by atoms with Crippen molar-refractivity contribution < 1.29 is 21.1 Å². The molecule has 6 heteroatoms. The SMILES string of the molecule is CC(C)(C)c1ccnc(-n2c3[c-]c(C(C)(C)c4[c-]c(N5[CH-]N(c6c(-c7ccccc7)cccc6-c6ccccc6)c6ccccc65)ccc4)ccc3c3c4c(ccc32)-n2c3ccccc3c3cccc(c32)-c2ccccc2-4)c1.[Pt]. The molecule has 0 bridgehead atoms. The third-order valence-corrected chi connectivity index (χ3v) is 16.5. The number of para-hydroxylation sites is 5.